The van der Waals surface area contributed by atoms with Crippen LogP contribution in [-0.4, -0.2) is 24.8 Å². The van der Waals surface area contributed by atoms with Gasteiger partial charge in [-0.25, -0.2) is 0 Å². The zero-order chi connectivity index (χ0) is 16.0. The normalized spacial score (nSPS) is 10.0. The van der Waals surface area contributed by atoms with Gasteiger partial charge in [0.15, 0.2) is 0 Å². The molecule has 1 rings (SSSR count). The summed E-state index contributed by atoms with van der Waals surface area (Å²) < 4.78 is 0. The van der Waals surface area contributed by atoms with E-state index in [9.17, 15) is 19.7 Å². The minimum atomic E-state index is -1.66. The first kappa shape index (κ1) is 16.4. The minimum Gasteiger partial charge on any atom is -0.267 e. The second-order valence-electron chi connectivity index (χ2n) is 5.21. The molecule has 110 valence electrons. The number of hydrazine groups is 1. The predicted molar refractivity (Wildman–Crippen MR) is 79.8 cm³/mol. The maximum absolute atomic E-state index is 11.7. The summed E-state index contributed by atoms with van der Waals surface area (Å²) in [5.41, 5.74) is 7.29. The van der Waals surface area contributed by atoms with Crippen LogP contribution < -0.4 is 10.9 Å². The number of benzene rings is 1. The van der Waals surface area contributed by atoms with Crippen LogP contribution in [-0.2, 0) is 4.79 Å². The van der Waals surface area contributed by atoms with E-state index in [1.807, 2.05) is 19.6 Å². The minimum absolute atomic E-state index is 0.114. The SMILES string of the molecule is C[Si](C)(C)C#CC(=O)NNC(=O)c1ccc([N+](=O)[O-])cc1. The van der Waals surface area contributed by atoms with Crippen LogP contribution in [0.4, 0.5) is 5.69 Å². The summed E-state index contributed by atoms with van der Waals surface area (Å²) >= 11 is 0. The number of hydrogen-bond donors (Lipinski definition) is 2. The van der Waals surface area contributed by atoms with Gasteiger partial charge in [0.05, 0.1) is 4.92 Å². The van der Waals surface area contributed by atoms with Crippen molar-refractivity contribution >= 4 is 25.6 Å². The van der Waals surface area contributed by atoms with Crippen molar-refractivity contribution in [1.82, 2.24) is 10.9 Å². The van der Waals surface area contributed by atoms with Crippen LogP contribution in [0.1, 0.15) is 10.4 Å². The van der Waals surface area contributed by atoms with Gasteiger partial charge in [0.25, 0.3) is 11.6 Å². The van der Waals surface area contributed by atoms with E-state index in [1.165, 1.54) is 24.3 Å². The van der Waals surface area contributed by atoms with Gasteiger partial charge in [-0.05, 0) is 18.1 Å². The molecule has 21 heavy (non-hydrogen) atoms. The summed E-state index contributed by atoms with van der Waals surface area (Å²) in [6, 6.07) is 5.02. The lowest BCUT2D eigenvalue weighted by Crippen LogP contribution is -2.41. The molecule has 2 N–H and O–H groups in total. The number of nitro benzene ring substituents is 1. The molecule has 0 aliphatic rings. The van der Waals surface area contributed by atoms with E-state index in [1.54, 1.807) is 0 Å². The van der Waals surface area contributed by atoms with Gasteiger partial charge in [-0.2, -0.15) is 0 Å². The van der Waals surface area contributed by atoms with E-state index < -0.39 is 24.8 Å². The van der Waals surface area contributed by atoms with Gasteiger partial charge in [-0.1, -0.05) is 19.6 Å². The molecule has 1 aromatic carbocycles. The second kappa shape index (κ2) is 6.67. The monoisotopic (exact) mass is 305 g/mol. The van der Waals surface area contributed by atoms with Gasteiger partial charge in [0.1, 0.15) is 8.07 Å². The standard InChI is InChI=1S/C13H15N3O4Si/c1-21(2,3)9-8-12(17)14-15-13(18)10-4-6-11(7-5-10)16(19)20/h4-7H,1-3H3,(H,14,17)(H,15,18). The number of carbonyl (C=O) groups is 2. The van der Waals surface area contributed by atoms with E-state index in [0.717, 1.165) is 0 Å². The fourth-order valence-electron chi connectivity index (χ4n) is 1.20. The van der Waals surface area contributed by atoms with Gasteiger partial charge in [-0.3, -0.25) is 30.6 Å². The Labute approximate surface area is 122 Å². The summed E-state index contributed by atoms with van der Waals surface area (Å²) in [5, 5.41) is 10.5. The highest BCUT2D eigenvalue weighted by Crippen LogP contribution is 2.11. The third-order valence-electron chi connectivity index (χ3n) is 2.18. The van der Waals surface area contributed by atoms with E-state index in [4.69, 9.17) is 0 Å². The van der Waals surface area contributed by atoms with Gasteiger partial charge in [0.2, 0.25) is 0 Å². The van der Waals surface area contributed by atoms with E-state index in [2.05, 4.69) is 22.3 Å². The molecule has 0 spiro atoms. The van der Waals surface area contributed by atoms with Crippen molar-refractivity contribution in [2.45, 2.75) is 19.6 Å². The lowest BCUT2D eigenvalue weighted by molar-refractivity contribution is -0.384. The number of nitrogens with zero attached hydrogens (tertiary/aromatic N) is 1. The van der Waals surface area contributed by atoms with Crippen LogP contribution in [0, 0.1) is 21.6 Å². The molecule has 0 fully saturated rings. The average Bonchev–Trinajstić information content (AvgIpc) is 2.41. The summed E-state index contributed by atoms with van der Waals surface area (Å²) in [6.45, 7) is 5.97. The summed E-state index contributed by atoms with van der Waals surface area (Å²) in [4.78, 5) is 33.0. The lowest BCUT2D eigenvalue weighted by Gasteiger charge is -2.05. The van der Waals surface area contributed by atoms with Gasteiger partial charge < -0.3 is 0 Å². The van der Waals surface area contributed by atoms with Gasteiger partial charge in [0, 0.05) is 17.7 Å². The first-order valence-electron chi connectivity index (χ1n) is 6.07. The highest BCUT2D eigenvalue weighted by atomic mass is 28.3. The Hall–Kier alpha value is -2.66. The summed E-state index contributed by atoms with van der Waals surface area (Å²) in [7, 11) is -1.66. The molecule has 0 atom stereocenters. The molecular formula is C13H15N3O4Si. The Morgan fingerprint density at radius 2 is 1.71 bits per heavy atom. The highest BCUT2D eigenvalue weighted by molar-refractivity contribution is 6.84. The molecule has 8 heteroatoms. The van der Waals surface area contributed by atoms with Crippen LogP contribution in [0.15, 0.2) is 24.3 Å². The van der Waals surface area contributed by atoms with Gasteiger partial charge in [-0.15, -0.1) is 5.54 Å². The van der Waals surface area contributed by atoms with Crippen molar-refractivity contribution in [1.29, 1.82) is 0 Å². The molecule has 0 heterocycles. The summed E-state index contributed by atoms with van der Waals surface area (Å²) in [6.07, 6.45) is 0. The molecule has 0 aromatic heterocycles. The topological polar surface area (TPSA) is 101 Å². The van der Waals surface area contributed by atoms with Crippen molar-refractivity contribution in [3.8, 4) is 11.5 Å². The predicted octanol–water partition coefficient (Wildman–Crippen LogP) is 1.24. The fraction of sp³-hybridized carbons (Fsp3) is 0.231. The Morgan fingerprint density at radius 1 is 1.14 bits per heavy atom. The molecule has 2 amide bonds. The van der Waals surface area contributed by atoms with Crippen LogP contribution in [0.3, 0.4) is 0 Å². The quantitative estimate of drug-likeness (QED) is 0.371. The van der Waals surface area contributed by atoms with E-state index in [0.29, 0.717) is 0 Å². The molecule has 0 unspecified atom stereocenters. The maximum Gasteiger partial charge on any atom is 0.313 e. The van der Waals surface area contributed by atoms with Crippen LogP contribution in [0.2, 0.25) is 19.6 Å². The molecule has 0 saturated carbocycles. The van der Waals surface area contributed by atoms with Crippen LogP contribution in [0.25, 0.3) is 0 Å². The molecule has 0 saturated heterocycles. The number of nitro groups is 1. The fourth-order valence-corrected chi connectivity index (χ4v) is 1.68. The Balaban J connectivity index is 2.59. The zero-order valence-corrected chi connectivity index (χ0v) is 12.9. The Kier molecular flexibility index (Phi) is 5.21. The highest BCUT2D eigenvalue weighted by Gasteiger charge is 2.11. The Morgan fingerprint density at radius 3 is 2.19 bits per heavy atom. The average molecular weight is 305 g/mol. The molecule has 7 nitrogen and oxygen atoms in total. The smallest absolute Gasteiger partial charge is 0.267 e. The van der Waals surface area contributed by atoms with E-state index >= 15 is 0 Å². The largest absolute Gasteiger partial charge is 0.313 e. The Bertz CT molecular complexity index is 624. The van der Waals surface area contributed by atoms with Crippen molar-refractivity contribution in [3.63, 3.8) is 0 Å². The lowest BCUT2D eigenvalue weighted by atomic mass is 10.2. The van der Waals surface area contributed by atoms with Crippen molar-refractivity contribution in [3.05, 3.63) is 39.9 Å². The number of rotatable bonds is 2. The van der Waals surface area contributed by atoms with Crippen LogP contribution in [0.5, 0.6) is 0 Å². The number of amides is 2. The van der Waals surface area contributed by atoms with Gasteiger partial charge >= 0.3 is 5.91 Å². The number of carbonyl (C=O) groups excluding carboxylic acids is 2. The first-order chi connectivity index (χ1) is 9.69. The van der Waals surface area contributed by atoms with E-state index in [-0.39, 0.29) is 11.3 Å². The molecule has 0 aliphatic heterocycles. The molecule has 0 radical (unpaired) electrons. The number of nitrogens with one attached hydrogen (secondary N) is 2. The molecular weight excluding hydrogens is 290 g/mol. The number of hydrogen-bond acceptors (Lipinski definition) is 4. The number of non-ortho nitro benzene ring substituents is 1. The molecule has 1 aromatic rings. The van der Waals surface area contributed by atoms with Crippen LogP contribution >= 0.6 is 0 Å². The zero-order valence-electron chi connectivity index (χ0n) is 11.9. The van der Waals surface area contributed by atoms with Crippen molar-refractivity contribution in [2.24, 2.45) is 0 Å². The molecule has 0 aliphatic carbocycles. The third kappa shape index (κ3) is 5.88. The van der Waals surface area contributed by atoms with Crippen molar-refractivity contribution in [2.75, 3.05) is 0 Å². The third-order valence-corrected chi connectivity index (χ3v) is 3.06. The maximum atomic E-state index is 11.7. The first-order valence-corrected chi connectivity index (χ1v) is 9.57. The summed E-state index contributed by atoms with van der Waals surface area (Å²) in [5.74, 6) is 1.23. The molecule has 0 bridgehead atoms. The second-order valence-corrected chi connectivity index (χ2v) is 9.96. The van der Waals surface area contributed by atoms with Crippen molar-refractivity contribution < 1.29 is 14.5 Å².